The summed E-state index contributed by atoms with van der Waals surface area (Å²) < 4.78 is 35.3. The van der Waals surface area contributed by atoms with Crippen LogP contribution in [0, 0.1) is 20.8 Å². The van der Waals surface area contributed by atoms with Crippen LogP contribution < -0.4 is 20.3 Å². The molecule has 1 unspecified atom stereocenters. The van der Waals surface area contributed by atoms with Crippen molar-refractivity contribution >= 4 is 27.3 Å². The van der Waals surface area contributed by atoms with E-state index in [0.29, 0.717) is 23.4 Å². The average molecular weight is 487 g/mol. The zero-order valence-corrected chi connectivity index (χ0v) is 20.9. The molecule has 2 aliphatic heterocycles. The number of nitrogens with zero attached hydrogens (tertiary/aromatic N) is 1. The number of rotatable bonds is 7. The molecule has 4 rings (SSSR count). The molecule has 8 nitrogen and oxygen atoms in total. The topological polar surface area (TPSA) is 99.8 Å². The summed E-state index contributed by atoms with van der Waals surface area (Å²) in [7, 11) is -3.86. The second kappa shape index (κ2) is 10.3. The lowest BCUT2D eigenvalue weighted by Gasteiger charge is -2.31. The van der Waals surface area contributed by atoms with Crippen LogP contribution in [0.5, 0.6) is 0 Å². The van der Waals surface area contributed by atoms with E-state index in [0.717, 1.165) is 62.4 Å². The first kappa shape index (κ1) is 24.5. The van der Waals surface area contributed by atoms with Gasteiger partial charge in [0.15, 0.2) is 0 Å². The number of hydrogen-bond donors (Lipinski definition) is 3. The smallest absolute Gasteiger partial charge is 0.262 e. The van der Waals surface area contributed by atoms with E-state index < -0.39 is 10.0 Å². The molecule has 0 aliphatic carbocycles. The Morgan fingerprint density at radius 1 is 1.09 bits per heavy atom. The van der Waals surface area contributed by atoms with Crippen molar-refractivity contribution in [2.75, 3.05) is 49.0 Å². The Hall–Kier alpha value is -2.62. The van der Waals surface area contributed by atoms with Gasteiger partial charge in [-0.15, -0.1) is 0 Å². The van der Waals surface area contributed by atoms with E-state index in [1.807, 2.05) is 26.0 Å². The van der Waals surface area contributed by atoms with Gasteiger partial charge in [0, 0.05) is 44.9 Å². The van der Waals surface area contributed by atoms with Gasteiger partial charge in [0.25, 0.3) is 15.9 Å². The zero-order chi connectivity index (χ0) is 24.3. The number of hydrogen-bond acceptors (Lipinski definition) is 6. The summed E-state index contributed by atoms with van der Waals surface area (Å²) in [6.07, 6.45) is 1.97. The van der Waals surface area contributed by atoms with Crippen LogP contribution in [0.25, 0.3) is 0 Å². The van der Waals surface area contributed by atoms with Crippen molar-refractivity contribution < 1.29 is 17.9 Å². The molecule has 2 aromatic carbocycles. The Kier molecular flexibility index (Phi) is 7.45. The van der Waals surface area contributed by atoms with Crippen LogP contribution >= 0.6 is 0 Å². The van der Waals surface area contributed by atoms with Crippen LogP contribution in [0.15, 0.2) is 35.2 Å². The monoisotopic (exact) mass is 486 g/mol. The zero-order valence-electron chi connectivity index (χ0n) is 20.1. The molecule has 34 heavy (non-hydrogen) atoms. The maximum atomic E-state index is 13.4. The summed E-state index contributed by atoms with van der Waals surface area (Å²) in [6, 6.07) is 8.81. The number of carbonyl (C=O) groups is 1. The number of sulfonamides is 1. The van der Waals surface area contributed by atoms with Gasteiger partial charge in [0.05, 0.1) is 22.4 Å². The summed E-state index contributed by atoms with van der Waals surface area (Å²) in [4.78, 5) is 15.2. The molecule has 2 aromatic rings. The maximum absolute atomic E-state index is 13.4. The molecule has 184 valence electrons. The number of nitrogens with one attached hydrogen (secondary N) is 3. The quantitative estimate of drug-likeness (QED) is 0.557. The van der Waals surface area contributed by atoms with Gasteiger partial charge in [0.2, 0.25) is 0 Å². The number of carbonyl (C=O) groups excluding carboxylic acids is 1. The number of aryl methyl sites for hydroxylation is 3. The molecule has 3 N–H and O–H groups in total. The fraction of sp³-hybridized carbons (Fsp3) is 0.480. The van der Waals surface area contributed by atoms with E-state index in [1.54, 1.807) is 25.1 Å². The third kappa shape index (κ3) is 5.54. The van der Waals surface area contributed by atoms with E-state index in [2.05, 4.69) is 20.3 Å². The number of ether oxygens (including phenoxy) is 1. The molecular weight excluding hydrogens is 452 g/mol. The molecule has 0 spiro atoms. The normalized spacial score (nSPS) is 18.7. The summed E-state index contributed by atoms with van der Waals surface area (Å²) in [5.41, 5.74) is 4.22. The first-order valence-corrected chi connectivity index (χ1v) is 13.3. The molecule has 2 saturated heterocycles. The van der Waals surface area contributed by atoms with Gasteiger partial charge in [-0.1, -0.05) is 6.07 Å². The number of benzene rings is 2. The largest absolute Gasteiger partial charge is 0.376 e. The molecule has 0 aromatic heterocycles. The minimum absolute atomic E-state index is 0.0369. The minimum Gasteiger partial charge on any atom is -0.376 e. The van der Waals surface area contributed by atoms with Crippen LogP contribution in [-0.4, -0.2) is 59.8 Å². The molecule has 9 heteroatoms. The van der Waals surface area contributed by atoms with Gasteiger partial charge in [-0.2, -0.15) is 0 Å². The lowest BCUT2D eigenvalue weighted by molar-refractivity contribution is 0.0858. The number of amides is 1. The van der Waals surface area contributed by atoms with Gasteiger partial charge < -0.3 is 20.3 Å². The van der Waals surface area contributed by atoms with Crippen molar-refractivity contribution in [2.45, 2.75) is 44.6 Å². The van der Waals surface area contributed by atoms with Crippen molar-refractivity contribution in [2.24, 2.45) is 0 Å². The second-order valence-electron chi connectivity index (χ2n) is 9.12. The lowest BCUT2D eigenvalue weighted by Crippen LogP contribution is -2.43. The Balaban J connectivity index is 1.64. The molecule has 1 atom stereocenters. The van der Waals surface area contributed by atoms with Gasteiger partial charge >= 0.3 is 0 Å². The summed E-state index contributed by atoms with van der Waals surface area (Å²) in [6.45, 7) is 9.96. The highest BCUT2D eigenvalue weighted by atomic mass is 32.2. The molecule has 2 heterocycles. The van der Waals surface area contributed by atoms with Crippen molar-refractivity contribution in [3.63, 3.8) is 0 Å². The molecule has 0 bridgehead atoms. The fourth-order valence-electron chi connectivity index (χ4n) is 4.48. The predicted octanol–water partition coefficient (Wildman–Crippen LogP) is 2.73. The molecular formula is C25H34N4O4S. The number of piperazine rings is 1. The molecule has 2 fully saturated rings. The first-order chi connectivity index (χ1) is 16.2. The van der Waals surface area contributed by atoms with Crippen molar-refractivity contribution in [1.29, 1.82) is 0 Å². The van der Waals surface area contributed by atoms with Crippen molar-refractivity contribution in [1.82, 2.24) is 10.6 Å². The number of anilines is 2. The average Bonchev–Trinajstić information content (AvgIpc) is 3.34. The summed E-state index contributed by atoms with van der Waals surface area (Å²) in [5, 5.41) is 6.23. The van der Waals surface area contributed by atoms with Gasteiger partial charge in [-0.25, -0.2) is 8.42 Å². The lowest BCUT2D eigenvalue weighted by atomic mass is 10.1. The SMILES string of the molecule is Cc1cc(C)c(S(=O)(=O)Nc2cc(C(=O)NCC3CCCO3)ccc2N2CCNCC2)cc1C. The third-order valence-electron chi connectivity index (χ3n) is 6.56. The first-order valence-electron chi connectivity index (χ1n) is 11.8. The highest BCUT2D eigenvalue weighted by Crippen LogP contribution is 2.31. The van der Waals surface area contributed by atoms with E-state index in [-0.39, 0.29) is 16.9 Å². The minimum atomic E-state index is -3.86. The van der Waals surface area contributed by atoms with E-state index in [9.17, 15) is 13.2 Å². The Labute approximate surface area is 202 Å². The van der Waals surface area contributed by atoms with Gasteiger partial charge in [0.1, 0.15) is 0 Å². The Morgan fingerprint density at radius 2 is 1.82 bits per heavy atom. The molecule has 0 radical (unpaired) electrons. The van der Waals surface area contributed by atoms with Gasteiger partial charge in [-0.05, 0) is 74.6 Å². The highest BCUT2D eigenvalue weighted by Gasteiger charge is 2.24. The van der Waals surface area contributed by atoms with Crippen LogP contribution in [0.1, 0.15) is 39.9 Å². The summed E-state index contributed by atoms with van der Waals surface area (Å²) >= 11 is 0. The summed E-state index contributed by atoms with van der Waals surface area (Å²) in [5.74, 6) is -0.245. The van der Waals surface area contributed by atoms with Crippen LogP contribution in [0.3, 0.4) is 0 Å². The highest BCUT2D eigenvalue weighted by molar-refractivity contribution is 7.92. The van der Waals surface area contributed by atoms with Crippen LogP contribution in [0.4, 0.5) is 11.4 Å². The molecule has 0 saturated carbocycles. The standard InChI is InChI=1S/C25H34N4O4S/c1-17-13-19(3)24(14-18(17)2)34(31,32)28-22-15-20(25(30)27-16-21-5-4-12-33-21)6-7-23(22)29-10-8-26-9-11-29/h6-7,13-15,21,26,28H,4-5,8-12,16H2,1-3H3,(H,27,30). The third-order valence-corrected chi connectivity index (χ3v) is 8.06. The van der Waals surface area contributed by atoms with E-state index >= 15 is 0 Å². The predicted molar refractivity (Wildman–Crippen MR) is 134 cm³/mol. The van der Waals surface area contributed by atoms with E-state index in [1.165, 1.54) is 0 Å². The van der Waals surface area contributed by atoms with Gasteiger partial charge in [-0.3, -0.25) is 9.52 Å². The van der Waals surface area contributed by atoms with Crippen molar-refractivity contribution in [3.05, 3.63) is 52.6 Å². The fourth-order valence-corrected chi connectivity index (χ4v) is 5.86. The van der Waals surface area contributed by atoms with Crippen molar-refractivity contribution in [3.8, 4) is 0 Å². The Morgan fingerprint density at radius 3 is 2.53 bits per heavy atom. The van der Waals surface area contributed by atoms with Crippen LogP contribution in [-0.2, 0) is 14.8 Å². The van der Waals surface area contributed by atoms with E-state index in [4.69, 9.17) is 4.74 Å². The maximum Gasteiger partial charge on any atom is 0.262 e. The second-order valence-corrected chi connectivity index (χ2v) is 10.8. The molecule has 2 aliphatic rings. The Bertz CT molecular complexity index is 1150. The van der Waals surface area contributed by atoms with Crippen LogP contribution in [0.2, 0.25) is 0 Å². The molecule has 1 amide bonds.